The minimum Gasteiger partial charge on any atom is -0.507 e. The molecule has 0 saturated carbocycles. The summed E-state index contributed by atoms with van der Waals surface area (Å²) in [7, 11) is 0. The normalized spacial score (nSPS) is 16.0. The molecular formula is C32H34N2O7S. The highest BCUT2D eigenvalue weighted by Gasteiger charge is 2.48. The Bertz CT molecular complexity index is 1490. The lowest BCUT2D eigenvalue weighted by atomic mass is 9.95. The number of ketones is 1. The van der Waals surface area contributed by atoms with Crippen molar-refractivity contribution in [3.8, 4) is 11.5 Å². The number of aryl methyl sites for hydroxylation is 1. The first kappa shape index (κ1) is 30.5. The second-order valence-corrected chi connectivity index (χ2v) is 10.6. The Morgan fingerprint density at radius 3 is 2.50 bits per heavy atom. The van der Waals surface area contributed by atoms with E-state index in [4.69, 9.17) is 14.2 Å². The van der Waals surface area contributed by atoms with Crippen molar-refractivity contribution in [1.82, 2.24) is 4.98 Å². The van der Waals surface area contributed by atoms with Crippen LogP contribution in [-0.4, -0.2) is 47.6 Å². The fourth-order valence-electron chi connectivity index (χ4n) is 4.41. The molecule has 1 saturated heterocycles. The lowest BCUT2D eigenvalue weighted by molar-refractivity contribution is -0.132. The van der Waals surface area contributed by atoms with Crippen LogP contribution in [0.3, 0.4) is 0 Å². The van der Waals surface area contributed by atoms with Gasteiger partial charge in [-0.3, -0.25) is 14.5 Å². The van der Waals surface area contributed by atoms with Gasteiger partial charge >= 0.3 is 11.9 Å². The van der Waals surface area contributed by atoms with Crippen LogP contribution >= 0.6 is 11.3 Å². The first-order valence-electron chi connectivity index (χ1n) is 13.8. The Labute approximate surface area is 249 Å². The predicted octanol–water partition coefficient (Wildman–Crippen LogP) is 6.39. The van der Waals surface area contributed by atoms with E-state index in [0.717, 1.165) is 30.6 Å². The molecule has 0 aliphatic carbocycles. The summed E-state index contributed by atoms with van der Waals surface area (Å²) in [6, 6.07) is 12.7. The number of thiazole rings is 1. The Morgan fingerprint density at radius 1 is 1.07 bits per heavy atom. The number of ether oxygens (including phenoxy) is 3. The van der Waals surface area contributed by atoms with Crippen LogP contribution < -0.4 is 14.4 Å². The summed E-state index contributed by atoms with van der Waals surface area (Å²) in [4.78, 5) is 45.6. The number of benzene rings is 2. The van der Waals surface area contributed by atoms with Gasteiger partial charge in [-0.15, -0.1) is 0 Å². The number of hydrogen-bond donors (Lipinski definition) is 1. The van der Waals surface area contributed by atoms with E-state index in [2.05, 4.69) is 18.5 Å². The van der Waals surface area contributed by atoms with Gasteiger partial charge in [0.05, 0.1) is 30.5 Å². The molecule has 0 spiro atoms. The van der Waals surface area contributed by atoms with Gasteiger partial charge in [0, 0.05) is 5.56 Å². The lowest BCUT2D eigenvalue weighted by Crippen LogP contribution is -2.29. The van der Waals surface area contributed by atoms with E-state index in [1.54, 1.807) is 55.5 Å². The van der Waals surface area contributed by atoms with Gasteiger partial charge in [0.25, 0.3) is 5.78 Å². The van der Waals surface area contributed by atoms with Crippen molar-refractivity contribution in [2.45, 2.75) is 46.1 Å². The van der Waals surface area contributed by atoms with Crippen LogP contribution in [-0.2, 0) is 14.3 Å². The van der Waals surface area contributed by atoms with Crippen LogP contribution in [0.4, 0.5) is 5.13 Å². The minimum atomic E-state index is -1.02. The molecule has 9 nitrogen and oxygen atoms in total. The van der Waals surface area contributed by atoms with Crippen molar-refractivity contribution in [3.05, 3.63) is 88.5 Å². The fraction of sp³-hybridized carbons (Fsp3) is 0.312. The van der Waals surface area contributed by atoms with Crippen LogP contribution in [0.2, 0.25) is 0 Å². The maximum Gasteiger partial charge on any atom is 0.350 e. The van der Waals surface area contributed by atoms with E-state index in [1.165, 1.54) is 11.0 Å². The zero-order chi connectivity index (χ0) is 30.2. The van der Waals surface area contributed by atoms with E-state index in [0.29, 0.717) is 41.5 Å². The lowest BCUT2D eigenvalue weighted by Gasteiger charge is -2.23. The number of esters is 1. The number of Topliss-reactive ketones (excluding diaryl/α,β-unsaturated/α-hetero) is 1. The Hall–Kier alpha value is -4.44. The molecule has 1 aromatic heterocycles. The number of hydrogen-bond acceptors (Lipinski definition) is 9. The molecule has 1 N–H and O–H groups in total. The predicted molar refractivity (Wildman–Crippen MR) is 161 cm³/mol. The summed E-state index contributed by atoms with van der Waals surface area (Å²) in [5.74, 6) is -1.53. The smallest absolute Gasteiger partial charge is 0.350 e. The summed E-state index contributed by atoms with van der Waals surface area (Å²) in [5.41, 5.74) is 1.14. The highest BCUT2D eigenvalue weighted by atomic mass is 32.1. The number of carbonyl (C=O) groups is 3. The summed E-state index contributed by atoms with van der Waals surface area (Å²) in [6.45, 7) is 10.3. The zero-order valence-electron chi connectivity index (χ0n) is 23.9. The van der Waals surface area contributed by atoms with Crippen molar-refractivity contribution in [3.63, 3.8) is 0 Å². The van der Waals surface area contributed by atoms with E-state index in [-0.39, 0.29) is 27.9 Å². The molecule has 220 valence electrons. The number of unbranched alkanes of at least 4 members (excludes halogenated alkanes) is 1. The molecule has 10 heteroatoms. The summed E-state index contributed by atoms with van der Waals surface area (Å²) < 4.78 is 16.7. The van der Waals surface area contributed by atoms with Crippen LogP contribution in [0.15, 0.2) is 66.8 Å². The second kappa shape index (κ2) is 14.0. The molecule has 3 aromatic rings. The Balaban J connectivity index is 1.82. The van der Waals surface area contributed by atoms with E-state index in [1.807, 2.05) is 6.92 Å². The van der Waals surface area contributed by atoms with Crippen LogP contribution in [0.5, 0.6) is 11.5 Å². The number of aliphatic hydroxyl groups is 1. The summed E-state index contributed by atoms with van der Waals surface area (Å²) in [5, 5.41) is 11.6. The minimum absolute atomic E-state index is 0.0176. The van der Waals surface area contributed by atoms with Crippen molar-refractivity contribution < 1.29 is 33.7 Å². The average Bonchev–Trinajstić information content (AvgIpc) is 3.51. The van der Waals surface area contributed by atoms with Crippen LogP contribution in [0.1, 0.15) is 65.6 Å². The molecule has 4 rings (SSSR count). The topological polar surface area (TPSA) is 115 Å². The van der Waals surface area contributed by atoms with Gasteiger partial charge in [-0.2, -0.15) is 0 Å². The van der Waals surface area contributed by atoms with Gasteiger partial charge in [0.2, 0.25) is 0 Å². The highest BCUT2D eigenvalue weighted by Crippen LogP contribution is 2.44. The van der Waals surface area contributed by atoms with Crippen molar-refractivity contribution in [2.75, 3.05) is 24.7 Å². The van der Waals surface area contributed by atoms with E-state index >= 15 is 0 Å². The van der Waals surface area contributed by atoms with Gasteiger partial charge in [-0.25, -0.2) is 9.78 Å². The molecule has 1 atom stereocenters. The standard InChI is InChI=1S/C32H34N2O7S/c1-5-8-18-40-24-11-9-10-22(19-24)27(35)25-26(21-12-14-23(15-13-21)39-16-6-2)34(30(37)28(25)36)32-33-20(4)29(42-32)31(38)41-17-7-3/h7,9-15,19,26,35H,3,5-6,8,16-18H2,1-2,4H3. The molecular weight excluding hydrogens is 556 g/mol. The number of rotatable bonds is 13. The quantitative estimate of drug-likeness (QED) is 0.0608. The second-order valence-electron chi connectivity index (χ2n) is 9.61. The molecule has 1 amide bonds. The third-order valence-corrected chi connectivity index (χ3v) is 7.63. The molecule has 1 aliphatic heterocycles. The van der Waals surface area contributed by atoms with E-state index < -0.39 is 23.7 Å². The number of nitrogens with zero attached hydrogens (tertiary/aromatic N) is 2. The van der Waals surface area contributed by atoms with Crippen molar-refractivity contribution in [2.24, 2.45) is 0 Å². The first-order chi connectivity index (χ1) is 20.3. The zero-order valence-corrected chi connectivity index (χ0v) is 24.7. The van der Waals surface area contributed by atoms with Crippen molar-refractivity contribution >= 4 is 39.9 Å². The maximum atomic E-state index is 13.6. The summed E-state index contributed by atoms with van der Waals surface area (Å²) in [6.07, 6.45) is 4.13. The molecule has 1 fully saturated rings. The third kappa shape index (κ3) is 6.54. The maximum absolute atomic E-state index is 13.6. The van der Waals surface area contributed by atoms with Gasteiger partial charge in [-0.1, -0.05) is 68.5 Å². The largest absolute Gasteiger partial charge is 0.507 e. The van der Waals surface area contributed by atoms with Gasteiger partial charge in [0.15, 0.2) is 5.13 Å². The number of carbonyl (C=O) groups excluding carboxylic acids is 3. The molecule has 1 aliphatic rings. The number of aromatic nitrogens is 1. The number of anilines is 1. The van der Waals surface area contributed by atoms with E-state index in [9.17, 15) is 19.5 Å². The molecule has 0 radical (unpaired) electrons. The average molecular weight is 591 g/mol. The monoisotopic (exact) mass is 590 g/mol. The first-order valence-corrected chi connectivity index (χ1v) is 14.6. The van der Waals surface area contributed by atoms with Crippen LogP contribution in [0.25, 0.3) is 5.76 Å². The Kier molecular flexibility index (Phi) is 10.1. The molecule has 0 bridgehead atoms. The fourth-order valence-corrected chi connectivity index (χ4v) is 5.40. The van der Waals surface area contributed by atoms with Crippen LogP contribution in [0, 0.1) is 6.92 Å². The van der Waals surface area contributed by atoms with Gasteiger partial charge in [-0.05, 0) is 49.6 Å². The molecule has 2 aromatic carbocycles. The molecule has 2 heterocycles. The van der Waals surface area contributed by atoms with Gasteiger partial charge < -0.3 is 19.3 Å². The number of aliphatic hydroxyl groups excluding tert-OH is 1. The molecule has 1 unspecified atom stereocenters. The SMILES string of the molecule is C=CCOC(=O)c1sc(N2C(=O)C(=O)C(=C(O)c3cccc(OCCCC)c3)C2c2ccc(OCCC)cc2)nc1C. The van der Waals surface area contributed by atoms with Gasteiger partial charge in [0.1, 0.15) is 28.7 Å². The van der Waals surface area contributed by atoms with Crippen molar-refractivity contribution in [1.29, 1.82) is 0 Å². The highest BCUT2D eigenvalue weighted by molar-refractivity contribution is 7.17. The summed E-state index contributed by atoms with van der Waals surface area (Å²) >= 11 is 0.941. The Morgan fingerprint density at radius 2 is 1.81 bits per heavy atom. The third-order valence-electron chi connectivity index (χ3n) is 6.50. The number of amides is 1. The molecule has 42 heavy (non-hydrogen) atoms.